The van der Waals surface area contributed by atoms with Crippen molar-refractivity contribution in [3.05, 3.63) is 53.2 Å². The van der Waals surface area contributed by atoms with Gasteiger partial charge in [0.25, 0.3) is 0 Å². The van der Waals surface area contributed by atoms with Crippen molar-refractivity contribution in [1.29, 1.82) is 0 Å². The highest BCUT2D eigenvalue weighted by Crippen LogP contribution is 2.39. The molecule has 0 saturated carbocycles. The number of benzene rings is 2. The molecule has 156 valence electrons. The molecule has 1 heterocycles. The summed E-state index contributed by atoms with van der Waals surface area (Å²) in [5.41, 5.74) is 0.139. The Hall–Kier alpha value is -2.15. The number of hydrogen-bond acceptors (Lipinski definition) is 4. The molecule has 0 aliphatic carbocycles. The van der Waals surface area contributed by atoms with Crippen LogP contribution in [0.5, 0.6) is 0 Å². The minimum atomic E-state index is -1.21. The quantitative estimate of drug-likeness (QED) is 0.282. The van der Waals surface area contributed by atoms with E-state index in [-0.39, 0.29) is 6.54 Å². The lowest BCUT2D eigenvalue weighted by atomic mass is 9.97. The van der Waals surface area contributed by atoms with Crippen molar-refractivity contribution in [2.75, 3.05) is 13.1 Å². The zero-order valence-corrected chi connectivity index (χ0v) is 18.0. The van der Waals surface area contributed by atoms with Crippen LogP contribution < -0.4 is 0 Å². The molecule has 1 saturated heterocycles. The van der Waals surface area contributed by atoms with Crippen LogP contribution in [0.25, 0.3) is 10.8 Å². The molecule has 2 amide bonds. The molecule has 0 radical (unpaired) electrons. The maximum atomic E-state index is 13.9. The molecule has 0 aromatic heterocycles. The number of amides is 2. The first-order chi connectivity index (χ1) is 13.5. The van der Waals surface area contributed by atoms with E-state index < -0.39 is 33.8 Å². The molecule has 0 spiro atoms. The first-order valence-electron chi connectivity index (χ1n) is 9.79. The van der Waals surface area contributed by atoms with Gasteiger partial charge in [0.2, 0.25) is 0 Å². The number of fused-ring (bicyclic) bond motifs is 1. The van der Waals surface area contributed by atoms with E-state index in [1.807, 2.05) is 42.5 Å². The third-order valence-corrected chi connectivity index (χ3v) is 5.75. The van der Waals surface area contributed by atoms with E-state index in [1.165, 1.54) is 4.90 Å². The fourth-order valence-corrected chi connectivity index (χ4v) is 4.27. The second-order valence-corrected chi connectivity index (χ2v) is 8.90. The van der Waals surface area contributed by atoms with Gasteiger partial charge in [0.05, 0.1) is 6.54 Å². The summed E-state index contributed by atoms with van der Waals surface area (Å²) in [5, 5.41) is 14.8. The number of halogens is 1. The zero-order valence-electron chi connectivity index (χ0n) is 17.2. The van der Waals surface area contributed by atoms with Crippen LogP contribution in [0.2, 0.25) is 0 Å². The molecule has 3 rings (SSSR count). The number of carbonyl (C=O) groups is 2. The van der Waals surface area contributed by atoms with E-state index >= 15 is 0 Å². The fourth-order valence-electron chi connectivity index (χ4n) is 3.98. The highest BCUT2D eigenvalue weighted by molar-refractivity contribution is 6.60. The topological polar surface area (TPSA) is 69.7 Å². The van der Waals surface area contributed by atoms with Gasteiger partial charge in [-0.3, -0.25) is 4.65 Å². The van der Waals surface area contributed by atoms with Crippen LogP contribution in [0.15, 0.2) is 42.5 Å². The van der Waals surface area contributed by atoms with Crippen molar-refractivity contribution in [1.82, 2.24) is 4.90 Å². The van der Waals surface area contributed by atoms with Gasteiger partial charge in [-0.25, -0.2) is 9.59 Å². The fraction of sp³-hybridized carbons (Fsp3) is 0.455. The molecule has 1 fully saturated rings. The smallest absolute Gasteiger partial charge is 0.412 e. The molecular weight excluding hydrogens is 392 g/mol. The van der Waals surface area contributed by atoms with E-state index in [0.717, 1.165) is 16.3 Å². The number of rotatable bonds is 3. The first-order valence-corrected chi connectivity index (χ1v) is 10.2. The third-order valence-electron chi connectivity index (χ3n) is 5.48. The highest BCUT2D eigenvalue weighted by Gasteiger charge is 2.46. The van der Waals surface area contributed by atoms with Gasteiger partial charge in [-0.1, -0.05) is 42.5 Å². The second kappa shape index (κ2) is 7.94. The van der Waals surface area contributed by atoms with Crippen LogP contribution >= 0.6 is 11.6 Å². The second-order valence-electron chi connectivity index (χ2n) is 8.58. The SMILES string of the molecule is C[C@H](c1cccc2ccccc12)[N+]([O-])(C(=O)Cl)[C@@H]1CCN(C(=O)OC(C)(C)C)C1. The summed E-state index contributed by atoms with van der Waals surface area (Å²) in [6.07, 6.45) is -0.0950. The lowest BCUT2D eigenvalue weighted by Crippen LogP contribution is -2.55. The Morgan fingerprint density at radius 3 is 2.52 bits per heavy atom. The van der Waals surface area contributed by atoms with Gasteiger partial charge < -0.3 is 14.8 Å². The molecule has 0 N–H and O–H groups in total. The predicted molar refractivity (Wildman–Crippen MR) is 113 cm³/mol. The van der Waals surface area contributed by atoms with Crippen LogP contribution in [0.3, 0.4) is 0 Å². The standard InChI is InChI=1S/C22H27ClN2O4/c1-15(18-11-7-9-16-8-5-6-10-19(16)18)25(28,20(23)26)17-12-13-24(14-17)21(27)29-22(2,3)4/h5-11,15,17H,12-14H2,1-4H3/t15-,17-,25?/m1/s1. The summed E-state index contributed by atoms with van der Waals surface area (Å²) < 4.78 is 4.19. The van der Waals surface area contributed by atoms with Crippen molar-refractivity contribution in [2.45, 2.75) is 51.8 Å². The van der Waals surface area contributed by atoms with Crippen molar-refractivity contribution >= 4 is 33.8 Å². The average molecular weight is 419 g/mol. The number of likely N-dealkylation sites (tertiary alicyclic amines) is 1. The largest absolute Gasteiger partial charge is 0.624 e. The Labute approximate surface area is 176 Å². The van der Waals surface area contributed by atoms with E-state index in [0.29, 0.717) is 13.0 Å². The average Bonchev–Trinajstić information content (AvgIpc) is 3.15. The van der Waals surface area contributed by atoms with E-state index in [1.54, 1.807) is 27.7 Å². The number of carbonyl (C=O) groups excluding carboxylic acids is 2. The number of quaternary nitrogens is 1. The third kappa shape index (κ3) is 4.25. The van der Waals surface area contributed by atoms with E-state index in [2.05, 4.69) is 0 Å². The molecule has 1 aliphatic heterocycles. The minimum absolute atomic E-state index is 0.131. The van der Waals surface area contributed by atoms with Crippen molar-refractivity contribution < 1.29 is 19.0 Å². The van der Waals surface area contributed by atoms with E-state index in [4.69, 9.17) is 16.3 Å². The summed E-state index contributed by atoms with van der Waals surface area (Å²) in [7, 11) is 0. The van der Waals surface area contributed by atoms with Gasteiger partial charge in [0.1, 0.15) is 17.7 Å². The Bertz CT molecular complexity index is 921. The molecule has 6 nitrogen and oxygen atoms in total. The lowest BCUT2D eigenvalue weighted by molar-refractivity contribution is -0.849. The molecule has 2 aromatic rings. The molecular formula is C22H27ClN2O4. The Morgan fingerprint density at radius 2 is 1.86 bits per heavy atom. The summed E-state index contributed by atoms with van der Waals surface area (Å²) in [5.74, 6) is 0. The Balaban J connectivity index is 1.90. The summed E-state index contributed by atoms with van der Waals surface area (Å²) in [6, 6.07) is 12.1. The van der Waals surface area contributed by atoms with Crippen LogP contribution in [0.4, 0.5) is 9.59 Å². The van der Waals surface area contributed by atoms with Gasteiger partial charge in [-0.2, -0.15) is 0 Å². The molecule has 29 heavy (non-hydrogen) atoms. The van der Waals surface area contributed by atoms with Crippen LogP contribution in [-0.2, 0) is 4.74 Å². The predicted octanol–water partition coefficient (Wildman–Crippen LogP) is 5.58. The van der Waals surface area contributed by atoms with Crippen molar-refractivity contribution in [3.63, 3.8) is 0 Å². The van der Waals surface area contributed by atoms with Gasteiger partial charge in [0.15, 0.2) is 0 Å². The molecule has 1 unspecified atom stereocenters. The van der Waals surface area contributed by atoms with Gasteiger partial charge in [-0.05, 0) is 38.5 Å². The van der Waals surface area contributed by atoms with Crippen molar-refractivity contribution in [2.24, 2.45) is 0 Å². The normalized spacial score (nSPS) is 20.3. The van der Waals surface area contributed by atoms with E-state index in [9.17, 15) is 14.8 Å². The Kier molecular flexibility index (Phi) is 5.90. The number of ether oxygens (including phenoxy) is 1. The summed E-state index contributed by atoms with van der Waals surface area (Å²) >= 11 is 5.88. The molecule has 0 bridgehead atoms. The first kappa shape index (κ1) is 21.6. The minimum Gasteiger partial charge on any atom is -0.624 e. The highest BCUT2D eigenvalue weighted by atomic mass is 35.5. The maximum Gasteiger partial charge on any atom is 0.412 e. The maximum absolute atomic E-state index is 13.9. The lowest BCUT2D eigenvalue weighted by Gasteiger charge is -2.47. The van der Waals surface area contributed by atoms with Crippen LogP contribution in [0.1, 0.15) is 45.7 Å². The number of hydroxylamine groups is 3. The zero-order chi connectivity index (χ0) is 21.4. The van der Waals surface area contributed by atoms with Crippen LogP contribution in [-0.4, -0.2) is 45.7 Å². The van der Waals surface area contributed by atoms with Crippen molar-refractivity contribution in [3.8, 4) is 0 Å². The van der Waals surface area contributed by atoms with Gasteiger partial charge in [-0.15, -0.1) is 0 Å². The van der Waals surface area contributed by atoms with Crippen LogP contribution in [0, 0.1) is 5.21 Å². The molecule has 3 atom stereocenters. The van der Waals surface area contributed by atoms with Gasteiger partial charge >= 0.3 is 11.5 Å². The summed E-state index contributed by atoms with van der Waals surface area (Å²) in [4.78, 5) is 26.3. The Morgan fingerprint density at radius 1 is 1.21 bits per heavy atom. The molecule has 7 heteroatoms. The monoisotopic (exact) mass is 418 g/mol. The summed E-state index contributed by atoms with van der Waals surface area (Å²) in [6.45, 7) is 7.58. The molecule has 2 aromatic carbocycles. The number of hydrogen-bond donors (Lipinski definition) is 0. The molecule has 1 aliphatic rings. The van der Waals surface area contributed by atoms with Gasteiger partial charge in [0, 0.05) is 30.1 Å². The number of nitrogens with zero attached hydrogens (tertiary/aromatic N) is 2.